The number of anilines is 2. The van der Waals surface area contributed by atoms with E-state index in [0.29, 0.717) is 22.2 Å². The zero-order valence-corrected chi connectivity index (χ0v) is 10.6. The minimum atomic E-state index is 0.352. The van der Waals surface area contributed by atoms with E-state index in [1.807, 2.05) is 12.1 Å². The molecule has 0 spiro atoms. The summed E-state index contributed by atoms with van der Waals surface area (Å²) in [5.74, 6) is 0. The van der Waals surface area contributed by atoms with Gasteiger partial charge in [-0.25, -0.2) is 0 Å². The molecule has 1 unspecified atom stereocenters. The largest absolute Gasteiger partial charge is 0.399 e. The van der Waals surface area contributed by atoms with Crippen molar-refractivity contribution in [1.82, 2.24) is 0 Å². The van der Waals surface area contributed by atoms with Gasteiger partial charge in [-0.05, 0) is 36.5 Å². The van der Waals surface area contributed by atoms with Crippen LogP contribution in [0.5, 0.6) is 0 Å². The molecule has 88 valence electrons. The van der Waals surface area contributed by atoms with Gasteiger partial charge in [0.25, 0.3) is 0 Å². The van der Waals surface area contributed by atoms with Crippen LogP contribution >= 0.6 is 11.6 Å². The Bertz CT molecular complexity index is 388. The maximum atomic E-state index is 6.16. The van der Waals surface area contributed by atoms with Crippen LogP contribution in [-0.2, 0) is 0 Å². The van der Waals surface area contributed by atoms with Crippen molar-refractivity contribution in [2.75, 3.05) is 11.1 Å². The standard InChI is InChI=1S/C13H19ClN2/c1-13(2)7-3-4-12(13)16-11-6-5-9(15)8-10(11)14/h5-6,8,12,16H,3-4,7,15H2,1-2H3. The molecule has 0 saturated heterocycles. The summed E-state index contributed by atoms with van der Waals surface area (Å²) in [4.78, 5) is 0. The van der Waals surface area contributed by atoms with Gasteiger partial charge in [-0.1, -0.05) is 31.9 Å². The van der Waals surface area contributed by atoms with Crippen molar-refractivity contribution in [2.24, 2.45) is 5.41 Å². The van der Waals surface area contributed by atoms with Crippen molar-refractivity contribution in [3.63, 3.8) is 0 Å². The average Bonchev–Trinajstić information content (AvgIpc) is 2.50. The Balaban J connectivity index is 2.15. The highest BCUT2D eigenvalue weighted by molar-refractivity contribution is 6.33. The molecule has 1 aliphatic carbocycles. The predicted molar refractivity (Wildman–Crippen MR) is 70.9 cm³/mol. The second kappa shape index (κ2) is 4.17. The third-order valence-corrected chi connectivity index (χ3v) is 3.89. The number of benzene rings is 1. The van der Waals surface area contributed by atoms with Crippen LogP contribution in [0.25, 0.3) is 0 Å². The van der Waals surface area contributed by atoms with Crippen LogP contribution in [0.2, 0.25) is 5.02 Å². The molecule has 0 heterocycles. The molecule has 0 aliphatic heterocycles. The molecule has 1 atom stereocenters. The lowest BCUT2D eigenvalue weighted by atomic mass is 9.87. The minimum Gasteiger partial charge on any atom is -0.399 e. The van der Waals surface area contributed by atoms with Crippen molar-refractivity contribution in [2.45, 2.75) is 39.2 Å². The lowest BCUT2D eigenvalue weighted by Gasteiger charge is -2.29. The van der Waals surface area contributed by atoms with Crippen molar-refractivity contribution < 1.29 is 0 Å². The van der Waals surface area contributed by atoms with Gasteiger partial charge in [0.2, 0.25) is 0 Å². The number of hydrogen-bond acceptors (Lipinski definition) is 2. The normalized spacial score (nSPS) is 23.3. The van der Waals surface area contributed by atoms with Crippen molar-refractivity contribution in [3.8, 4) is 0 Å². The van der Waals surface area contributed by atoms with Crippen LogP contribution in [0.1, 0.15) is 33.1 Å². The van der Waals surface area contributed by atoms with Gasteiger partial charge in [-0.15, -0.1) is 0 Å². The molecule has 0 aromatic heterocycles. The highest BCUT2D eigenvalue weighted by Gasteiger charge is 2.34. The molecule has 16 heavy (non-hydrogen) atoms. The van der Waals surface area contributed by atoms with Crippen molar-refractivity contribution in [1.29, 1.82) is 0 Å². The molecule has 1 fully saturated rings. The number of hydrogen-bond donors (Lipinski definition) is 2. The van der Waals surface area contributed by atoms with E-state index in [1.54, 1.807) is 6.07 Å². The fraction of sp³-hybridized carbons (Fsp3) is 0.538. The van der Waals surface area contributed by atoms with Gasteiger partial charge < -0.3 is 11.1 Å². The summed E-state index contributed by atoms with van der Waals surface area (Å²) in [6, 6.07) is 6.15. The molecule has 1 aromatic rings. The first-order valence-electron chi connectivity index (χ1n) is 5.80. The monoisotopic (exact) mass is 238 g/mol. The minimum absolute atomic E-state index is 0.352. The van der Waals surface area contributed by atoms with Gasteiger partial charge in [0.1, 0.15) is 0 Å². The van der Waals surface area contributed by atoms with Gasteiger partial charge in [-0.2, -0.15) is 0 Å². The molecule has 1 aromatic carbocycles. The van der Waals surface area contributed by atoms with E-state index < -0.39 is 0 Å². The molecule has 3 N–H and O–H groups in total. The molecule has 2 rings (SSSR count). The Kier molecular flexibility index (Phi) is 3.02. The van der Waals surface area contributed by atoms with Gasteiger partial charge >= 0.3 is 0 Å². The summed E-state index contributed by atoms with van der Waals surface area (Å²) < 4.78 is 0. The van der Waals surface area contributed by atoms with Gasteiger partial charge in [0.05, 0.1) is 10.7 Å². The second-order valence-electron chi connectivity index (χ2n) is 5.32. The van der Waals surface area contributed by atoms with E-state index in [0.717, 1.165) is 5.69 Å². The average molecular weight is 239 g/mol. The summed E-state index contributed by atoms with van der Waals surface area (Å²) in [6.07, 6.45) is 3.78. The molecule has 0 bridgehead atoms. The predicted octanol–water partition coefficient (Wildman–Crippen LogP) is 3.91. The van der Waals surface area contributed by atoms with Crippen LogP contribution in [0.3, 0.4) is 0 Å². The van der Waals surface area contributed by atoms with Crippen LogP contribution in [-0.4, -0.2) is 6.04 Å². The zero-order chi connectivity index (χ0) is 11.8. The molecular formula is C13H19ClN2. The number of nitrogens with one attached hydrogen (secondary N) is 1. The fourth-order valence-electron chi connectivity index (χ4n) is 2.43. The fourth-order valence-corrected chi connectivity index (χ4v) is 2.67. The molecule has 3 heteroatoms. The van der Waals surface area contributed by atoms with Crippen LogP contribution in [0.4, 0.5) is 11.4 Å². The van der Waals surface area contributed by atoms with Crippen LogP contribution < -0.4 is 11.1 Å². The SMILES string of the molecule is CC1(C)CCCC1Nc1ccc(N)cc1Cl. The quantitative estimate of drug-likeness (QED) is 0.767. The van der Waals surface area contributed by atoms with Gasteiger partial charge in [0, 0.05) is 11.7 Å². The first kappa shape index (κ1) is 11.6. The third-order valence-electron chi connectivity index (χ3n) is 3.58. The van der Waals surface area contributed by atoms with Gasteiger partial charge in [-0.3, -0.25) is 0 Å². The van der Waals surface area contributed by atoms with E-state index in [4.69, 9.17) is 17.3 Å². The number of nitrogens with two attached hydrogens (primary N) is 1. The highest BCUT2D eigenvalue weighted by Crippen LogP contribution is 2.40. The molecule has 1 aliphatic rings. The van der Waals surface area contributed by atoms with E-state index in [1.165, 1.54) is 19.3 Å². The number of halogens is 1. The van der Waals surface area contributed by atoms with Crippen molar-refractivity contribution >= 4 is 23.0 Å². The van der Waals surface area contributed by atoms with Crippen LogP contribution in [0, 0.1) is 5.41 Å². The lowest BCUT2D eigenvalue weighted by molar-refractivity contribution is 0.350. The highest BCUT2D eigenvalue weighted by atomic mass is 35.5. The Labute approximate surface area is 102 Å². The van der Waals surface area contributed by atoms with Crippen LogP contribution in [0.15, 0.2) is 18.2 Å². The summed E-state index contributed by atoms with van der Waals surface area (Å²) in [6.45, 7) is 4.62. The molecule has 0 amide bonds. The Hall–Kier alpha value is -0.890. The van der Waals surface area contributed by atoms with E-state index >= 15 is 0 Å². The Morgan fingerprint density at radius 3 is 2.75 bits per heavy atom. The van der Waals surface area contributed by atoms with Crippen molar-refractivity contribution in [3.05, 3.63) is 23.2 Å². The summed E-state index contributed by atoms with van der Waals surface area (Å²) >= 11 is 6.16. The smallest absolute Gasteiger partial charge is 0.0658 e. The third kappa shape index (κ3) is 2.27. The summed E-state index contributed by atoms with van der Waals surface area (Å²) in [5, 5.41) is 4.25. The lowest BCUT2D eigenvalue weighted by Crippen LogP contribution is -2.30. The van der Waals surface area contributed by atoms with E-state index in [2.05, 4.69) is 19.2 Å². The van der Waals surface area contributed by atoms with Gasteiger partial charge in [0.15, 0.2) is 0 Å². The molecule has 1 saturated carbocycles. The zero-order valence-electron chi connectivity index (χ0n) is 9.89. The maximum absolute atomic E-state index is 6.16. The maximum Gasteiger partial charge on any atom is 0.0658 e. The number of nitrogen functional groups attached to an aromatic ring is 1. The topological polar surface area (TPSA) is 38.0 Å². The Morgan fingerprint density at radius 2 is 2.19 bits per heavy atom. The molecule has 2 nitrogen and oxygen atoms in total. The summed E-state index contributed by atoms with van der Waals surface area (Å²) in [5.41, 5.74) is 7.73. The number of rotatable bonds is 2. The first-order valence-corrected chi connectivity index (χ1v) is 6.18. The Morgan fingerprint density at radius 1 is 1.44 bits per heavy atom. The van der Waals surface area contributed by atoms with E-state index in [-0.39, 0.29) is 0 Å². The first-order chi connectivity index (χ1) is 7.49. The molecule has 0 radical (unpaired) electrons. The summed E-state index contributed by atoms with van der Waals surface area (Å²) in [7, 11) is 0. The van der Waals surface area contributed by atoms with E-state index in [9.17, 15) is 0 Å². The molecular weight excluding hydrogens is 220 g/mol. The second-order valence-corrected chi connectivity index (χ2v) is 5.72.